The lowest BCUT2D eigenvalue weighted by Crippen LogP contribution is -2.52. The normalized spacial score (nSPS) is 40.3. The topological polar surface area (TPSA) is 35.2 Å². The highest BCUT2D eigenvalue weighted by Crippen LogP contribution is 2.47. The van der Waals surface area contributed by atoms with Crippen molar-refractivity contribution in [2.24, 2.45) is 17.6 Å². The van der Waals surface area contributed by atoms with Crippen LogP contribution in [0.25, 0.3) is 0 Å². The van der Waals surface area contributed by atoms with Crippen molar-refractivity contribution in [2.45, 2.75) is 102 Å². The fraction of sp³-hybridized carbons (Fsp3) is 1.00. The lowest BCUT2D eigenvalue weighted by atomic mass is 9.70. The molecule has 2 heteroatoms. The fourth-order valence-corrected chi connectivity index (χ4v) is 5.45. The molecule has 1 saturated heterocycles. The molecule has 3 aliphatic rings. The first kappa shape index (κ1) is 15.8. The summed E-state index contributed by atoms with van der Waals surface area (Å²) >= 11 is 0. The third kappa shape index (κ3) is 3.47. The van der Waals surface area contributed by atoms with Gasteiger partial charge in [0.25, 0.3) is 0 Å². The van der Waals surface area contributed by atoms with Gasteiger partial charge in [0.2, 0.25) is 0 Å². The van der Waals surface area contributed by atoms with E-state index in [1.54, 1.807) is 0 Å². The number of ether oxygens (including phenoxy) is 1. The molecule has 3 unspecified atom stereocenters. The zero-order chi connectivity index (χ0) is 14.8. The highest BCUT2D eigenvalue weighted by molar-refractivity contribution is 5.01. The average molecular weight is 293 g/mol. The van der Waals surface area contributed by atoms with E-state index in [2.05, 4.69) is 6.92 Å². The van der Waals surface area contributed by atoms with Gasteiger partial charge in [-0.1, -0.05) is 45.4 Å². The molecule has 0 radical (unpaired) electrons. The van der Waals surface area contributed by atoms with Crippen LogP contribution in [0.1, 0.15) is 90.4 Å². The zero-order valence-electron chi connectivity index (χ0n) is 14.0. The van der Waals surface area contributed by atoms with Crippen molar-refractivity contribution in [3.8, 4) is 0 Å². The molecule has 21 heavy (non-hydrogen) atoms. The van der Waals surface area contributed by atoms with E-state index in [1.165, 1.54) is 83.5 Å². The van der Waals surface area contributed by atoms with E-state index in [1.807, 2.05) is 0 Å². The van der Waals surface area contributed by atoms with E-state index < -0.39 is 0 Å². The zero-order valence-corrected chi connectivity index (χ0v) is 14.0. The lowest BCUT2D eigenvalue weighted by molar-refractivity contribution is -0.106. The number of rotatable bonds is 3. The standard InChI is InChI=1S/C19H35NO/c1-2-6-16-7-5-12-19(20,13-8-16)17-9-14-21-18(15-17)10-3-4-11-18/h16-17H,2-15,20H2,1H3. The van der Waals surface area contributed by atoms with Crippen molar-refractivity contribution < 1.29 is 4.74 Å². The predicted octanol–water partition coefficient (Wildman–Crippen LogP) is 4.80. The Kier molecular flexibility index (Phi) is 4.95. The number of hydrogen-bond acceptors (Lipinski definition) is 2. The van der Waals surface area contributed by atoms with Crippen LogP contribution in [0, 0.1) is 11.8 Å². The summed E-state index contributed by atoms with van der Waals surface area (Å²) in [4.78, 5) is 0. The Balaban J connectivity index is 1.64. The van der Waals surface area contributed by atoms with Gasteiger partial charge in [0.05, 0.1) is 5.60 Å². The first-order chi connectivity index (χ1) is 10.2. The van der Waals surface area contributed by atoms with E-state index in [0.717, 1.165) is 12.5 Å². The smallest absolute Gasteiger partial charge is 0.0685 e. The average Bonchev–Trinajstić information content (AvgIpc) is 2.83. The summed E-state index contributed by atoms with van der Waals surface area (Å²) in [5.74, 6) is 1.66. The Morgan fingerprint density at radius 1 is 1.00 bits per heavy atom. The summed E-state index contributed by atoms with van der Waals surface area (Å²) in [6.07, 6.45) is 17.2. The molecule has 2 N–H and O–H groups in total. The molecule has 0 bridgehead atoms. The van der Waals surface area contributed by atoms with Crippen molar-refractivity contribution in [1.29, 1.82) is 0 Å². The molecule has 1 aliphatic heterocycles. The van der Waals surface area contributed by atoms with Gasteiger partial charge in [-0.05, 0) is 56.8 Å². The van der Waals surface area contributed by atoms with Crippen molar-refractivity contribution in [1.82, 2.24) is 0 Å². The molecule has 2 aliphatic carbocycles. The van der Waals surface area contributed by atoms with Gasteiger partial charge in [-0.15, -0.1) is 0 Å². The molecular weight excluding hydrogens is 258 g/mol. The maximum absolute atomic E-state index is 6.99. The van der Waals surface area contributed by atoms with E-state index >= 15 is 0 Å². The van der Waals surface area contributed by atoms with Gasteiger partial charge in [-0.25, -0.2) is 0 Å². The van der Waals surface area contributed by atoms with E-state index in [9.17, 15) is 0 Å². The molecule has 1 heterocycles. The number of hydrogen-bond donors (Lipinski definition) is 1. The van der Waals surface area contributed by atoms with Crippen LogP contribution in [0.5, 0.6) is 0 Å². The van der Waals surface area contributed by atoms with Gasteiger partial charge in [-0.3, -0.25) is 0 Å². The Morgan fingerprint density at radius 3 is 2.57 bits per heavy atom. The summed E-state index contributed by atoms with van der Waals surface area (Å²) in [5.41, 5.74) is 7.33. The molecule has 122 valence electrons. The van der Waals surface area contributed by atoms with Crippen LogP contribution in [0.3, 0.4) is 0 Å². The molecule has 0 amide bonds. The van der Waals surface area contributed by atoms with Crippen molar-refractivity contribution in [3.63, 3.8) is 0 Å². The van der Waals surface area contributed by atoms with Crippen molar-refractivity contribution >= 4 is 0 Å². The predicted molar refractivity (Wildman–Crippen MR) is 88.3 cm³/mol. The molecule has 3 atom stereocenters. The minimum Gasteiger partial charge on any atom is -0.375 e. The molecule has 2 nitrogen and oxygen atoms in total. The maximum Gasteiger partial charge on any atom is 0.0685 e. The molecule has 1 spiro atoms. The van der Waals surface area contributed by atoms with Crippen molar-refractivity contribution in [3.05, 3.63) is 0 Å². The summed E-state index contributed by atoms with van der Waals surface area (Å²) in [6, 6.07) is 0. The largest absolute Gasteiger partial charge is 0.375 e. The van der Waals surface area contributed by atoms with Gasteiger partial charge >= 0.3 is 0 Å². The Hall–Kier alpha value is -0.0800. The molecule has 0 aromatic carbocycles. The van der Waals surface area contributed by atoms with Crippen LogP contribution in [0.2, 0.25) is 0 Å². The SMILES string of the molecule is CCCC1CCCC(N)(C2CCOC3(CCCC3)C2)CC1. The second-order valence-corrected chi connectivity index (χ2v) is 8.25. The minimum atomic E-state index is 0.113. The third-order valence-electron chi connectivity index (χ3n) is 6.79. The molecule has 0 aromatic rings. The first-order valence-electron chi connectivity index (χ1n) is 9.59. The first-order valence-corrected chi connectivity index (χ1v) is 9.59. The summed E-state index contributed by atoms with van der Waals surface area (Å²) in [6.45, 7) is 3.28. The Bertz CT molecular complexity index is 336. The lowest BCUT2D eigenvalue weighted by Gasteiger charge is -2.46. The van der Waals surface area contributed by atoms with E-state index in [0.29, 0.717) is 5.92 Å². The molecule has 0 aromatic heterocycles. The quantitative estimate of drug-likeness (QED) is 0.758. The monoisotopic (exact) mass is 293 g/mol. The van der Waals surface area contributed by atoms with Crippen LogP contribution in [0.4, 0.5) is 0 Å². The van der Waals surface area contributed by atoms with Crippen LogP contribution < -0.4 is 5.73 Å². The van der Waals surface area contributed by atoms with Gasteiger partial charge in [0.15, 0.2) is 0 Å². The molecule has 3 fully saturated rings. The van der Waals surface area contributed by atoms with Gasteiger partial charge in [0, 0.05) is 12.1 Å². The second kappa shape index (κ2) is 6.58. The van der Waals surface area contributed by atoms with Crippen LogP contribution in [-0.2, 0) is 4.74 Å². The molecule has 2 saturated carbocycles. The van der Waals surface area contributed by atoms with Gasteiger partial charge in [-0.2, -0.15) is 0 Å². The van der Waals surface area contributed by atoms with Gasteiger partial charge in [0.1, 0.15) is 0 Å². The Morgan fingerprint density at radius 2 is 1.81 bits per heavy atom. The second-order valence-electron chi connectivity index (χ2n) is 8.25. The van der Waals surface area contributed by atoms with Gasteiger partial charge < -0.3 is 10.5 Å². The highest BCUT2D eigenvalue weighted by atomic mass is 16.5. The summed E-state index contributed by atoms with van der Waals surface area (Å²) < 4.78 is 6.23. The maximum atomic E-state index is 6.99. The van der Waals surface area contributed by atoms with Crippen LogP contribution in [-0.4, -0.2) is 17.7 Å². The highest BCUT2D eigenvalue weighted by Gasteiger charge is 2.46. The molecule has 3 rings (SSSR count). The Labute approximate surface area is 131 Å². The fourth-order valence-electron chi connectivity index (χ4n) is 5.45. The van der Waals surface area contributed by atoms with E-state index in [-0.39, 0.29) is 11.1 Å². The number of nitrogens with two attached hydrogens (primary N) is 1. The van der Waals surface area contributed by atoms with Crippen molar-refractivity contribution in [2.75, 3.05) is 6.61 Å². The summed E-state index contributed by atoms with van der Waals surface area (Å²) in [7, 11) is 0. The van der Waals surface area contributed by atoms with Crippen LogP contribution >= 0.6 is 0 Å². The third-order valence-corrected chi connectivity index (χ3v) is 6.79. The molecular formula is C19H35NO. The van der Waals surface area contributed by atoms with Crippen LogP contribution in [0.15, 0.2) is 0 Å². The minimum absolute atomic E-state index is 0.113. The summed E-state index contributed by atoms with van der Waals surface area (Å²) in [5, 5.41) is 0. The van der Waals surface area contributed by atoms with E-state index in [4.69, 9.17) is 10.5 Å².